The Hall–Kier alpha value is -2.97. The summed E-state index contributed by atoms with van der Waals surface area (Å²) in [5, 5.41) is 2.88. The maximum Gasteiger partial charge on any atom is 0.573 e. The zero-order valence-corrected chi connectivity index (χ0v) is 19.6. The second kappa shape index (κ2) is 9.72. The molecule has 1 aromatic heterocycles. The fraction of sp³-hybridized carbons (Fsp3) is 0.320. The Labute approximate surface area is 201 Å². The van der Waals surface area contributed by atoms with E-state index in [9.17, 15) is 18.0 Å². The Bertz CT molecular complexity index is 1170. The van der Waals surface area contributed by atoms with Crippen LogP contribution in [0.15, 0.2) is 54.6 Å². The quantitative estimate of drug-likeness (QED) is 0.408. The molecule has 0 spiro atoms. The Balaban J connectivity index is 1.88. The van der Waals surface area contributed by atoms with Crippen molar-refractivity contribution in [3.8, 4) is 28.1 Å². The molecule has 0 bridgehead atoms. The average Bonchev–Trinajstić information content (AvgIpc) is 3.17. The molecule has 0 fully saturated rings. The second-order valence-corrected chi connectivity index (χ2v) is 8.92. The number of benzene rings is 2. The smallest absolute Gasteiger partial charge is 0.406 e. The third-order valence-corrected chi connectivity index (χ3v) is 5.93. The molecular weight excluding hydrogens is 467 g/mol. The number of hydrogen-bond acceptors (Lipinski definition) is 3. The van der Waals surface area contributed by atoms with E-state index in [-0.39, 0.29) is 17.7 Å². The largest absolute Gasteiger partial charge is 0.573 e. The number of rotatable bonds is 7. The van der Waals surface area contributed by atoms with E-state index in [1.807, 2.05) is 44.4 Å². The lowest BCUT2D eigenvalue weighted by atomic mass is 9.98. The number of halogens is 4. The van der Waals surface area contributed by atoms with Crippen LogP contribution in [0.5, 0.6) is 5.75 Å². The molecule has 3 aromatic rings. The lowest BCUT2D eigenvalue weighted by molar-refractivity contribution is -0.274. The Morgan fingerprint density at radius 1 is 1.12 bits per heavy atom. The van der Waals surface area contributed by atoms with Gasteiger partial charge in [-0.3, -0.25) is 4.57 Å². The number of carbonyl (C=O) groups excluding carboxylic acids is 1. The summed E-state index contributed by atoms with van der Waals surface area (Å²) in [4.78, 5) is 15.0. The van der Waals surface area contributed by atoms with Crippen LogP contribution in [-0.4, -0.2) is 48.4 Å². The standard InChI is InChI=1S/C25H25ClF3N3O2/c1-31(2)15-16-6-8-17(9-7-16)21-13-22-19(10-11-26)14-30-24(33)32(22)23(21)18-4-3-5-20(12-18)34-25(27,28)29/h3-9,12-13,19H,10-11,14-15H2,1-2H3,(H,30,33). The van der Waals surface area contributed by atoms with E-state index in [0.717, 1.165) is 28.9 Å². The van der Waals surface area contributed by atoms with Crippen molar-refractivity contribution in [1.29, 1.82) is 0 Å². The Morgan fingerprint density at radius 3 is 2.50 bits per heavy atom. The first-order valence-electron chi connectivity index (χ1n) is 10.9. The molecule has 0 saturated carbocycles. The highest BCUT2D eigenvalue weighted by atomic mass is 35.5. The van der Waals surface area contributed by atoms with Gasteiger partial charge in [0.25, 0.3) is 0 Å². The van der Waals surface area contributed by atoms with Gasteiger partial charge in [0.05, 0.1) is 5.69 Å². The molecule has 180 valence electrons. The van der Waals surface area contributed by atoms with Gasteiger partial charge in [-0.15, -0.1) is 24.8 Å². The van der Waals surface area contributed by atoms with Crippen LogP contribution in [0.25, 0.3) is 22.4 Å². The molecule has 1 atom stereocenters. The summed E-state index contributed by atoms with van der Waals surface area (Å²) in [6.45, 7) is 1.23. The minimum atomic E-state index is -4.81. The molecule has 4 rings (SSSR count). The zero-order chi connectivity index (χ0) is 24.5. The molecule has 9 heteroatoms. The highest BCUT2D eigenvalue weighted by Gasteiger charge is 2.33. The molecule has 1 aliphatic heterocycles. The van der Waals surface area contributed by atoms with E-state index in [1.165, 1.54) is 18.2 Å². The van der Waals surface area contributed by atoms with Crippen molar-refractivity contribution >= 4 is 17.6 Å². The molecule has 2 heterocycles. The van der Waals surface area contributed by atoms with Gasteiger partial charge < -0.3 is 15.0 Å². The van der Waals surface area contributed by atoms with Gasteiger partial charge >= 0.3 is 12.4 Å². The summed E-state index contributed by atoms with van der Waals surface area (Å²) in [6.07, 6.45) is -4.16. The monoisotopic (exact) mass is 491 g/mol. The molecule has 0 aliphatic carbocycles. The highest BCUT2D eigenvalue weighted by molar-refractivity contribution is 6.17. The molecule has 0 radical (unpaired) electrons. The van der Waals surface area contributed by atoms with Gasteiger partial charge in [0.15, 0.2) is 0 Å². The number of aromatic nitrogens is 1. The Kier molecular flexibility index (Phi) is 6.91. The summed E-state index contributed by atoms with van der Waals surface area (Å²) in [7, 11) is 3.97. The maximum atomic E-state index is 13.0. The van der Waals surface area contributed by atoms with Crippen LogP contribution in [0.2, 0.25) is 0 Å². The number of amides is 1. The van der Waals surface area contributed by atoms with Crippen molar-refractivity contribution in [3.05, 3.63) is 65.9 Å². The van der Waals surface area contributed by atoms with Crippen molar-refractivity contribution in [2.24, 2.45) is 0 Å². The topological polar surface area (TPSA) is 46.5 Å². The lowest BCUT2D eigenvalue weighted by Crippen LogP contribution is -2.39. The van der Waals surface area contributed by atoms with Crippen molar-refractivity contribution in [2.45, 2.75) is 25.2 Å². The van der Waals surface area contributed by atoms with E-state index in [4.69, 9.17) is 11.6 Å². The molecule has 1 amide bonds. The van der Waals surface area contributed by atoms with Gasteiger partial charge in [-0.05, 0) is 49.8 Å². The first-order valence-corrected chi connectivity index (χ1v) is 11.4. The summed E-state index contributed by atoms with van der Waals surface area (Å²) >= 11 is 6.01. The minimum Gasteiger partial charge on any atom is -0.406 e. The Morgan fingerprint density at radius 2 is 1.85 bits per heavy atom. The van der Waals surface area contributed by atoms with Crippen LogP contribution in [0, 0.1) is 0 Å². The van der Waals surface area contributed by atoms with E-state index < -0.39 is 6.36 Å². The molecule has 2 aromatic carbocycles. The van der Waals surface area contributed by atoms with Crippen LogP contribution in [0.4, 0.5) is 18.0 Å². The number of carbonyl (C=O) groups is 1. The number of fused-ring (bicyclic) bond motifs is 1. The van der Waals surface area contributed by atoms with Crippen molar-refractivity contribution in [2.75, 3.05) is 26.5 Å². The zero-order valence-electron chi connectivity index (χ0n) is 18.8. The number of nitrogens with one attached hydrogen (secondary N) is 1. The number of ether oxygens (including phenoxy) is 1. The fourth-order valence-corrected chi connectivity index (χ4v) is 4.59. The third kappa shape index (κ3) is 5.23. The van der Waals surface area contributed by atoms with Crippen LogP contribution in [0.1, 0.15) is 23.6 Å². The maximum absolute atomic E-state index is 13.0. The van der Waals surface area contributed by atoms with E-state index in [1.54, 1.807) is 10.6 Å². The molecule has 1 aliphatic rings. The van der Waals surface area contributed by atoms with Crippen LogP contribution >= 0.6 is 11.6 Å². The number of hydrogen-bond donors (Lipinski definition) is 1. The minimum absolute atomic E-state index is 0.00896. The SMILES string of the molecule is CN(C)Cc1ccc(-c2cc3n(c2-c2cccc(OC(F)(F)F)c2)C(=O)NCC3CCCl)cc1. The number of alkyl halides is 4. The van der Waals surface area contributed by atoms with E-state index >= 15 is 0 Å². The van der Waals surface area contributed by atoms with Gasteiger partial charge in [-0.25, -0.2) is 4.79 Å². The molecule has 1 N–H and O–H groups in total. The second-order valence-electron chi connectivity index (χ2n) is 8.54. The molecule has 5 nitrogen and oxygen atoms in total. The van der Waals surface area contributed by atoms with Gasteiger partial charge in [-0.1, -0.05) is 36.4 Å². The highest BCUT2D eigenvalue weighted by Crippen LogP contribution is 2.41. The first kappa shape index (κ1) is 24.2. The van der Waals surface area contributed by atoms with Crippen molar-refractivity contribution in [1.82, 2.24) is 14.8 Å². The lowest BCUT2D eigenvalue weighted by Gasteiger charge is -2.25. The van der Waals surface area contributed by atoms with Gasteiger partial charge in [0.1, 0.15) is 5.75 Å². The average molecular weight is 492 g/mol. The molecular formula is C25H25ClF3N3O2. The summed E-state index contributed by atoms with van der Waals surface area (Å²) in [5.41, 5.74) is 4.49. The summed E-state index contributed by atoms with van der Waals surface area (Å²) in [6, 6.07) is 15.3. The third-order valence-electron chi connectivity index (χ3n) is 5.71. The van der Waals surface area contributed by atoms with Gasteiger partial charge in [0.2, 0.25) is 0 Å². The van der Waals surface area contributed by atoms with E-state index in [0.29, 0.717) is 30.1 Å². The van der Waals surface area contributed by atoms with Crippen molar-refractivity contribution < 1.29 is 22.7 Å². The van der Waals surface area contributed by atoms with Gasteiger partial charge in [-0.2, -0.15) is 0 Å². The predicted molar refractivity (Wildman–Crippen MR) is 126 cm³/mol. The van der Waals surface area contributed by atoms with Crippen LogP contribution in [-0.2, 0) is 6.54 Å². The molecule has 34 heavy (non-hydrogen) atoms. The normalized spacial score (nSPS) is 15.9. The number of nitrogens with zero attached hydrogens (tertiary/aromatic N) is 2. The summed E-state index contributed by atoms with van der Waals surface area (Å²) < 4.78 is 44.2. The van der Waals surface area contributed by atoms with Crippen LogP contribution in [0.3, 0.4) is 0 Å². The fourth-order valence-electron chi connectivity index (χ4n) is 4.33. The summed E-state index contributed by atoms with van der Waals surface area (Å²) in [5.74, 6) is 0.0662. The molecule has 0 saturated heterocycles. The van der Waals surface area contributed by atoms with E-state index in [2.05, 4.69) is 15.0 Å². The molecule has 1 unspecified atom stereocenters. The van der Waals surface area contributed by atoms with Crippen LogP contribution < -0.4 is 10.1 Å². The van der Waals surface area contributed by atoms with Gasteiger partial charge in [0, 0.05) is 41.7 Å². The predicted octanol–water partition coefficient (Wildman–Crippen LogP) is 6.07. The first-order chi connectivity index (χ1) is 16.2. The van der Waals surface area contributed by atoms with Crippen molar-refractivity contribution in [3.63, 3.8) is 0 Å².